The molecule has 1 N–H and O–H groups in total. The molecule has 0 bridgehead atoms. The zero-order chi connectivity index (χ0) is 20.6. The highest BCUT2D eigenvalue weighted by molar-refractivity contribution is 5.64. The van der Waals surface area contributed by atoms with Gasteiger partial charge in [-0.2, -0.15) is 0 Å². The molecule has 0 amide bonds. The normalized spacial score (nSPS) is 17.4. The molecule has 2 fully saturated rings. The minimum atomic E-state index is -0.552. The van der Waals surface area contributed by atoms with Crippen molar-refractivity contribution in [1.29, 1.82) is 0 Å². The predicted molar refractivity (Wildman–Crippen MR) is 107 cm³/mol. The third-order valence-electron chi connectivity index (χ3n) is 5.51. The highest BCUT2D eigenvalue weighted by atomic mass is 19.1. The molecular weight excluding hydrogens is 360 g/mol. The Kier molecular flexibility index (Phi) is 8.00. The van der Waals surface area contributed by atoms with Crippen molar-refractivity contribution in [2.75, 3.05) is 13.1 Å². The summed E-state index contributed by atoms with van der Waals surface area (Å²) in [7, 11) is 0. The number of nitrogens with one attached hydrogen (secondary N) is 1. The van der Waals surface area contributed by atoms with Crippen LogP contribution in [0.2, 0.25) is 0 Å². The fourth-order valence-corrected chi connectivity index (χ4v) is 3.62. The minimum absolute atomic E-state index is 0.141. The van der Waals surface area contributed by atoms with Gasteiger partial charge in [0.1, 0.15) is 24.7 Å². The summed E-state index contributed by atoms with van der Waals surface area (Å²) in [5, 5.41) is 3.32. The second-order valence-corrected chi connectivity index (χ2v) is 7.37. The Labute approximate surface area is 165 Å². The summed E-state index contributed by atoms with van der Waals surface area (Å²) in [5.41, 5.74) is 2.44. The van der Waals surface area contributed by atoms with Crippen molar-refractivity contribution in [1.82, 2.24) is 5.32 Å². The number of hydrogen-bond acceptors (Lipinski definition) is 3. The Morgan fingerprint density at radius 3 is 2.14 bits per heavy atom. The van der Waals surface area contributed by atoms with Gasteiger partial charge >= 0.3 is 0 Å². The lowest BCUT2D eigenvalue weighted by Gasteiger charge is -2.26. The molecule has 3 nitrogen and oxygen atoms in total. The van der Waals surface area contributed by atoms with Crippen LogP contribution in [0.5, 0.6) is 0 Å². The maximum Gasteiger partial charge on any atom is 0.133 e. The van der Waals surface area contributed by atoms with E-state index < -0.39 is 11.6 Å². The molecule has 0 radical (unpaired) electrons. The summed E-state index contributed by atoms with van der Waals surface area (Å²) >= 11 is 0. The molecule has 0 aromatic heterocycles. The molecule has 150 valence electrons. The van der Waals surface area contributed by atoms with Crippen molar-refractivity contribution in [3.63, 3.8) is 0 Å². The van der Waals surface area contributed by atoms with Crippen LogP contribution in [-0.2, 0) is 9.59 Å². The van der Waals surface area contributed by atoms with Gasteiger partial charge in [-0.3, -0.25) is 0 Å². The molecule has 1 saturated heterocycles. The van der Waals surface area contributed by atoms with Crippen molar-refractivity contribution in [3.05, 3.63) is 59.7 Å². The second-order valence-electron chi connectivity index (χ2n) is 7.37. The average molecular weight is 387 g/mol. The average Bonchev–Trinajstić information content (AvgIpc) is 3.53. The molecule has 1 aliphatic heterocycles. The molecule has 1 saturated carbocycles. The molecule has 0 unspecified atom stereocenters. The molecule has 2 aliphatic rings. The fourth-order valence-electron chi connectivity index (χ4n) is 3.62. The Morgan fingerprint density at radius 2 is 1.64 bits per heavy atom. The van der Waals surface area contributed by atoms with Crippen molar-refractivity contribution >= 4 is 13.1 Å². The number of aldehydes is 1. The van der Waals surface area contributed by atoms with Gasteiger partial charge in [-0.15, -0.1) is 0 Å². The smallest absolute Gasteiger partial charge is 0.133 e. The van der Waals surface area contributed by atoms with Crippen LogP contribution in [0.15, 0.2) is 42.5 Å². The molecule has 0 atom stereocenters. The van der Waals surface area contributed by atoms with Gasteiger partial charge in [-0.1, -0.05) is 29.8 Å². The Bertz CT molecular complexity index is 767. The van der Waals surface area contributed by atoms with Crippen LogP contribution in [0.1, 0.15) is 31.2 Å². The van der Waals surface area contributed by atoms with E-state index in [-0.39, 0.29) is 5.41 Å². The predicted octanol–water partition coefficient (Wildman–Crippen LogP) is 4.72. The van der Waals surface area contributed by atoms with Crippen LogP contribution in [-0.4, -0.2) is 26.2 Å². The third-order valence-corrected chi connectivity index (χ3v) is 5.51. The summed E-state index contributed by atoms with van der Waals surface area (Å²) in [6.45, 7) is 6.19. The number of benzene rings is 2. The first-order chi connectivity index (χ1) is 13.5. The van der Waals surface area contributed by atoms with Crippen LogP contribution in [0, 0.1) is 29.9 Å². The van der Waals surface area contributed by atoms with E-state index in [1.165, 1.54) is 31.3 Å². The van der Waals surface area contributed by atoms with Gasteiger partial charge in [0.25, 0.3) is 0 Å². The maximum atomic E-state index is 13.4. The summed E-state index contributed by atoms with van der Waals surface area (Å²) in [5.74, 6) is -0.386. The van der Waals surface area contributed by atoms with Gasteiger partial charge in [0.15, 0.2) is 0 Å². The monoisotopic (exact) mass is 387 g/mol. The van der Waals surface area contributed by atoms with E-state index in [1.54, 1.807) is 0 Å². The summed E-state index contributed by atoms with van der Waals surface area (Å²) in [6.07, 6.45) is 5.93. The molecule has 1 heterocycles. The first-order valence-corrected chi connectivity index (χ1v) is 9.52. The van der Waals surface area contributed by atoms with Gasteiger partial charge in [0.05, 0.1) is 0 Å². The molecule has 2 aromatic carbocycles. The van der Waals surface area contributed by atoms with Gasteiger partial charge in [-0.05, 0) is 69.3 Å². The zero-order valence-corrected chi connectivity index (χ0v) is 16.2. The molecule has 1 aliphatic carbocycles. The minimum Gasteiger partial charge on any atom is -0.317 e. The SMILES string of the molecule is C=O.Cc1ccc(-c2ccc(F)cc2F)cc1.O=CC1(C2CCNCC2)CC1. The van der Waals surface area contributed by atoms with E-state index in [4.69, 9.17) is 4.79 Å². The summed E-state index contributed by atoms with van der Waals surface area (Å²) < 4.78 is 26.1. The lowest BCUT2D eigenvalue weighted by atomic mass is 9.83. The third kappa shape index (κ3) is 5.55. The van der Waals surface area contributed by atoms with E-state index in [0.29, 0.717) is 11.5 Å². The number of rotatable bonds is 3. The van der Waals surface area contributed by atoms with E-state index in [0.717, 1.165) is 43.1 Å². The number of aryl methyl sites for hydroxylation is 1. The molecule has 0 spiro atoms. The van der Waals surface area contributed by atoms with Crippen LogP contribution in [0.3, 0.4) is 0 Å². The van der Waals surface area contributed by atoms with Crippen molar-refractivity contribution < 1.29 is 18.4 Å². The number of carbonyl (C=O) groups excluding carboxylic acids is 2. The Morgan fingerprint density at radius 1 is 1.04 bits per heavy atom. The number of halogens is 2. The number of hydrogen-bond donors (Lipinski definition) is 1. The first-order valence-electron chi connectivity index (χ1n) is 9.52. The van der Waals surface area contributed by atoms with Gasteiger partial charge in [-0.25, -0.2) is 8.78 Å². The summed E-state index contributed by atoms with van der Waals surface area (Å²) in [4.78, 5) is 18.8. The number of piperidine rings is 1. The topological polar surface area (TPSA) is 46.2 Å². The molecule has 2 aromatic rings. The lowest BCUT2D eigenvalue weighted by molar-refractivity contribution is -0.114. The highest BCUT2D eigenvalue weighted by Gasteiger charge is 2.48. The Hall–Kier alpha value is -2.40. The number of carbonyl (C=O) groups is 2. The van der Waals surface area contributed by atoms with Gasteiger partial charge in [0.2, 0.25) is 0 Å². The van der Waals surface area contributed by atoms with Crippen LogP contribution in [0.25, 0.3) is 11.1 Å². The summed E-state index contributed by atoms with van der Waals surface area (Å²) in [6, 6.07) is 11.1. The Balaban J connectivity index is 0.000000191. The zero-order valence-electron chi connectivity index (χ0n) is 16.2. The van der Waals surface area contributed by atoms with Crippen LogP contribution < -0.4 is 5.32 Å². The van der Waals surface area contributed by atoms with Crippen LogP contribution >= 0.6 is 0 Å². The van der Waals surface area contributed by atoms with E-state index >= 15 is 0 Å². The molecule has 28 heavy (non-hydrogen) atoms. The first kappa shape index (κ1) is 21.9. The largest absolute Gasteiger partial charge is 0.317 e. The fraction of sp³-hybridized carbons (Fsp3) is 0.391. The molecule has 4 rings (SSSR count). The highest BCUT2D eigenvalue weighted by Crippen LogP contribution is 2.52. The van der Waals surface area contributed by atoms with Gasteiger partial charge in [0, 0.05) is 17.0 Å². The quantitative estimate of drug-likeness (QED) is 0.775. The van der Waals surface area contributed by atoms with Crippen molar-refractivity contribution in [2.24, 2.45) is 11.3 Å². The lowest BCUT2D eigenvalue weighted by Crippen LogP contribution is -2.32. The van der Waals surface area contributed by atoms with E-state index in [1.807, 2.05) is 38.0 Å². The van der Waals surface area contributed by atoms with Gasteiger partial charge < -0.3 is 14.9 Å². The van der Waals surface area contributed by atoms with Crippen molar-refractivity contribution in [2.45, 2.75) is 32.6 Å². The molecule has 5 heteroatoms. The molecular formula is C23H27F2NO2. The maximum absolute atomic E-state index is 13.4. The van der Waals surface area contributed by atoms with Crippen LogP contribution in [0.4, 0.5) is 8.78 Å². The van der Waals surface area contributed by atoms with E-state index in [9.17, 15) is 13.6 Å². The second kappa shape index (κ2) is 10.2. The van der Waals surface area contributed by atoms with Crippen molar-refractivity contribution in [3.8, 4) is 11.1 Å². The standard InChI is InChI=1S/C13H10F2.C9H15NO.CH2O/c1-9-2-4-10(5-3-9)12-7-6-11(14)8-13(12)15;11-7-9(3-4-9)8-1-5-10-6-2-8;1-2/h2-8H,1H3;7-8,10H,1-6H2;1H2. The van der Waals surface area contributed by atoms with E-state index in [2.05, 4.69) is 5.32 Å².